The van der Waals surface area contributed by atoms with E-state index in [9.17, 15) is 9.18 Å². The minimum Gasteiger partial charge on any atom is -0.497 e. The Labute approximate surface area is 159 Å². The monoisotopic (exact) mass is 372 g/mol. The highest BCUT2D eigenvalue weighted by atomic mass is 19.1. The number of piperazine rings is 1. The van der Waals surface area contributed by atoms with Gasteiger partial charge in [-0.1, -0.05) is 24.3 Å². The standard InChI is InChI=1S/C21H26FN3O2/c1-23(15-17-6-5-7-18(14-17)27-2)16-21(26)25-12-10-24(11-13-25)20-9-4-3-8-19(20)22/h3-9,14H,10-13,15-16H2,1-2H3/p+1. The number of ether oxygens (including phenoxy) is 1. The lowest BCUT2D eigenvalue weighted by Gasteiger charge is -2.36. The average Bonchev–Trinajstić information content (AvgIpc) is 2.68. The van der Waals surface area contributed by atoms with Crippen LogP contribution in [0, 0.1) is 5.82 Å². The van der Waals surface area contributed by atoms with Crippen LogP contribution in [0.5, 0.6) is 5.75 Å². The molecule has 3 rings (SSSR count). The van der Waals surface area contributed by atoms with Crippen molar-refractivity contribution in [2.75, 3.05) is 51.8 Å². The lowest BCUT2D eigenvalue weighted by molar-refractivity contribution is -0.885. The van der Waals surface area contributed by atoms with Gasteiger partial charge in [0, 0.05) is 31.7 Å². The average molecular weight is 372 g/mol. The molecule has 1 saturated heterocycles. The minimum atomic E-state index is -0.209. The normalized spacial score (nSPS) is 15.5. The van der Waals surface area contributed by atoms with Gasteiger partial charge in [0.15, 0.2) is 6.54 Å². The van der Waals surface area contributed by atoms with E-state index in [0.29, 0.717) is 38.4 Å². The van der Waals surface area contributed by atoms with Gasteiger partial charge < -0.3 is 19.4 Å². The molecule has 5 nitrogen and oxygen atoms in total. The number of carbonyl (C=O) groups excluding carboxylic acids is 1. The van der Waals surface area contributed by atoms with Crippen LogP contribution in [0.1, 0.15) is 5.56 Å². The Morgan fingerprint density at radius 1 is 1.11 bits per heavy atom. The predicted molar refractivity (Wildman–Crippen MR) is 104 cm³/mol. The molecule has 0 bridgehead atoms. The van der Waals surface area contributed by atoms with Gasteiger partial charge in [0.05, 0.1) is 19.8 Å². The highest BCUT2D eigenvalue weighted by Crippen LogP contribution is 2.20. The third-order valence-corrected chi connectivity index (χ3v) is 4.92. The third kappa shape index (κ3) is 4.98. The van der Waals surface area contributed by atoms with Crippen molar-refractivity contribution < 1.29 is 18.8 Å². The maximum absolute atomic E-state index is 13.9. The number of nitrogens with zero attached hydrogens (tertiary/aromatic N) is 2. The first-order chi connectivity index (χ1) is 13.1. The number of quaternary nitrogens is 1. The predicted octanol–water partition coefficient (Wildman–Crippen LogP) is 1.20. The molecule has 0 spiro atoms. The van der Waals surface area contributed by atoms with E-state index in [4.69, 9.17) is 4.74 Å². The van der Waals surface area contributed by atoms with Gasteiger partial charge in [-0.25, -0.2) is 4.39 Å². The van der Waals surface area contributed by atoms with E-state index in [0.717, 1.165) is 22.8 Å². The second-order valence-electron chi connectivity index (χ2n) is 6.98. The van der Waals surface area contributed by atoms with E-state index in [2.05, 4.69) is 0 Å². The highest BCUT2D eigenvalue weighted by Gasteiger charge is 2.24. The number of nitrogens with one attached hydrogen (secondary N) is 1. The lowest BCUT2D eigenvalue weighted by atomic mass is 10.2. The maximum atomic E-state index is 13.9. The largest absolute Gasteiger partial charge is 0.497 e. The number of amides is 1. The zero-order chi connectivity index (χ0) is 19.2. The number of rotatable bonds is 6. The number of hydrogen-bond acceptors (Lipinski definition) is 3. The summed E-state index contributed by atoms with van der Waals surface area (Å²) in [6.45, 7) is 3.76. The van der Waals surface area contributed by atoms with E-state index in [1.807, 2.05) is 47.2 Å². The second kappa shape index (κ2) is 8.86. The number of anilines is 1. The van der Waals surface area contributed by atoms with Crippen molar-refractivity contribution in [3.8, 4) is 5.75 Å². The molecule has 0 radical (unpaired) electrons. The summed E-state index contributed by atoms with van der Waals surface area (Å²) in [5.74, 6) is 0.763. The summed E-state index contributed by atoms with van der Waals surface area (Å²) in [6.07, 6.45) is 0. The Morgan fingerprint density at radius 3 is 2.56 bits per heavy atom. The van der Waals surface area contributed by atoms with Gasteiger partial charge in [-0.15, -0.1) is 0 Å². The van der Waals surface area contributed by atoms with Crippen molar-refractivity contribution >= 4 is 11.6 Å². The second-order valence-corrected chi connectivity index (χ2v) is 6.98. The molecule has 0 aromatic heterocycles. The SMILES string of the molecule is COc1cccc(C[NH+](C)CC(=O)N2CCN(c3ccccc3F)CC2)c1. The zero-order valence-corrected chi connectivity index (χ0v) is 16.0. The Hall–Kier alpha value is -2.60. The molecule has 1 amide bonds. The molecule has 1 fully saturated rings. The molecule has 1 aliphatic rings. The van der Waals surface area contributed by atoms with Crippen LogP contribution in [0.25, 0.3) is 0 Å². The van der Waals surface area contributed by atoms with E-state index in [1.54, 1.807) is 19.2 Å². The Kier molecular flexibility index (Phi) is 6.29. The number of hydrogen-bond donors (Lipinski definition) is 1. The molecule has 1 heterocycles. The van der Waals surface area contributed by atoms with Crippen molar-refractivity contribution in [3.05, 3.63) is 59.9 Å². The first-order valence-electron chi connectivity index (χ1n) is 9.28. The topological polar surface area (TPSA) is 37.2 Å². The maximum Gasteiger partial charge on any atom is 0.277 e. The summed E-state index contributed by atoms with van der Waals surface area (Å²) in [4.78, 5) is 17.6. The van der Waals surface area contributed by atoms with E-state index in [1.165, 1.54) is 6.07 Å². The van der Waals surface area contributed by atoms with Crippen LogP contribution in [-0.2, 0) is 11.3 Å². The fraction of sp³-hybridized carbons (Fsp3) is 0.381. The van der Waals surface area contributed by atoms with Gasteiger partial charge >= 0.3 is 0 Å². The molecule has 144 valence electrons. The van der Waals surface area contributed by atoms with Gasteiger partial charge in [0.1, 0.15) is 18.1 Å². The molecular weight excluding hydrogens is 345 g/mol. The molecule has 1 atom stereocenters. The van der Waals surface area contributed by atoms with Gasteiger partial charge in [-0.2, -0.15) is 0 Å². The van der Waals surface area contributed by atoms with Gasteiger partial charge in [0.25, 0.3) is 5.91 Å². The summed E-state index contributed by atoms with van der Waals surface area (Å²) in [5, 5.41) is 0. The van der Waals surface area contributed by atoms with Crippen molar-refractivity contribution in [1.82, 2.24) is 4.90 Å². The Bertz CT molecular complexity index is 776. The Morgan fingerprint density at radius 2 is 1.85 bits per heavy atom. The summed E-state index contributed by atoms with van der Waals surface area (Å²) in [5.41, 5.74) is 1.76. The van der Waals surface area contributed by atoms with E-state index in [-0.39, 0.29) is 11.7 Å². The molecule has 0 saturated carbocycles. The highest BCUT2D eigenvalue weighted by molar-refractivity contribution is 5.77. The van der Waals surface area contributed by atoms with Crippen LogP contribution in [0.3, 0.4) is 0 Å². The molecular formula is C21H27FN3O2+. The summed E-state index contributed by atoms with van der Waals surface area (Å²) in [7, 11) is 3.67. The van der Waals surface area contributed by atoms with Crippen LogP contribution < -0.4 is 14.5 Å². The minimum absolute atomic E-state index is 0.142. The number of benzene rings is 2. The lowest BCUT2D eigenvalue weighted by Crippen LogP contribution is -3.09. The fourth-order valence-corrected chi connectivity index (χ4v) is 3.47. The van der Waals surface area contributed by atoms with Crippen LogP contribution in [0.4, 0.5) is 10.1 Å². The summed E-state index contributed by atoms with van der Waals surface area (Å²) < 4.78 is 19.2. The number of methoxy groups -OCH3 is 1. The van der Waals surface area contributed by atoms with Crippen LogP contribution >= 0.6 is 0 Å². The molecule has 2 aromatic rings. The molecule has 6 heteroatoms. The van der Waals surface area contributed by atoms with Gasteiger partial charge in [0.2, 0.25) is 0 Å². The zero-order valence-electron chi connectivity index (χ0n) is 16.0. The van der Waals surface area contributed by atoms with E-state index < -0.39 is 0 Å². The first-order valence-corrected chi connectivity index (χ1v) is 9.28. The van der Waals surface area contributed by atoms with Crippen molar-refractivity contribution in [1.29, 1.82) is 0 Å². The number of carbonyl (C=O) groups is 1. The first kappa shape index (κ1) is 19.2. The fourth-order valence-electron chi connectivity index (χ4n) is 3.47. The van der Waals surface area contributed by atoms with Crippen LogP contribution in [-0.4, -0.2) is 57.7 Å². The van der Waals surface area contributed by atoms with Crippen molar-refractivity contribution in [2.24, 2.45) is 0 Å². The molecule has 0 aliphatic carbocycles. The van der Waals surface area contributed by atoms with Gasteiger partial charge in [-0.3, -0.25) is 4.79 Å². The smallest absolute Gasteiger partial charge is 0.277 e. The number of halogens is 1. The van der Waals surface area contributed by atoms with Crippen LogP contribution in [0.2, 0.25) is 0 Å². The number of para-hydroxylation sites is 1. The summed E-state index contributed by atoms with van der Waals surface area (Å²) in [6, 6.07) is 14.7. The molecule has 1 unspecified atom stereocenters. The van der Waals surface area contributed by atoms with Gasteiger partial charge in [-0.05, 0) is 24.3 Å². The molecule has 2 aromatic carbocycles. The van der Waals surface area contributed by atoms with Crippen molar-refractivity contribution in [2.45, 2.75) is 6.54 Å². The number of likely N-dealkylation sites (N-methyl/N-ethyl adjacent to an activating group) is 1. The van der Waals surface area contributed by atoms with Crippen LogP contribution in [0.15, 0.2) is 48.5 Å². The van der Waals surface area contributed by atoms with E-state index >= 15 is 0 Å². The molecule has 1 N–H and O–H groups in total. The molecule has 1 aliphatic heterocycles. The molecule has 27 heavy (non-hydrogen) atoms. The quantitative estimate of drug-likeness (QED) is 0.828. The Balaban J connectivity index is 1.49. The summed E-state index contributed by atoms with van der Waals surface area (Å²) >= 11 is 0. The van der Waals surface area contributed by atoms with Crippen molar-refractivity contribution in [3.63, 3.8) is 0 Å². The third-order valence-electron chi connectivity index (χ3n) is 4.92.